The first kappa shape index (κ1) is 9.90. The predicted octanol–water partition coefficient (Wildman–Crippen LogP) is 2.87. The fraction of sp³-hybridized carbons (Fsp3) is 0.800. The van der Waals surface area contributed by atoms with Crippen molar-refractivity contribution >= 4 is 16.7 Å². The third-order valence-electron chi connectivity index (χ3n) is 2.66. The summed E-state index contributed by atoms with van der Waals surface area (Å²) in [5.41, 5.74) is 0. The highest BCUT2D eigenvalue weighted by Crippen LogP contribution is 2.30. The molecule has 1 aliphatic carbocycles. The van der Waals surface area contributed by atoms with Crippen LogP contribution < -0.4 is 5.32 Å². The van der Waals surface area contributed by atoms with Crippen molar-refractivity contribution in [1.82, 2.24) is 9.36 Å². The van der Waals surface area contributed by atoms with Gasteiger partial charge in [-0.25, -0.2) is 4.98 Å². The molecule has 3 nitrogen and oxygen atoms in total. The molecule has 1 aliphatic rings. The largest absolute Gasteiger partial charge is 0.358 e. The van der Waals surface area contributed by atoms with Gasteiger partial charge in [0, 0.05) is 23.5 Å². The van der Waals surface area contributed by atoms with Crippen LogP contribution in [0, 0.1) is 5.92 Å². The van der Waals surface area contributed by atoms with Gasteiger partial charge in [-0.1, -0.05) is 20.8 Å². The van der Waals surface area contributed by atoms with E-state index < -0.39 is 0 Å². The van der Waals surface area contributed by atoms with E-state index in [4.69, 9.17) is 0 Å². The first-order valence-electron chi connectivity index (χ1n) is 5.25. The van der Waals surface area contributed by atoms with Crippen molar-refractivity contribution in [3.8, 4) is 0 Å². The van der Waals surface area contributed by atoms with Crippen LogP contribution in [0.1, 0.15) is 45.4 Å². The summed E-state index contributed by atoms with van der Waals surface area (Å²) in [6.45, 7) is 6.53. The fourth-order valence-corrected chi connectivity index (χ4v) is 2.51. The lowest BCUT2D eigenvalue weighted by Crippen LogP contribution is -2.33. The summed E-state index contributed by atoms with van der Waals surface area (Å²) in [7, 11) is 0. The minimum absolute atomic E-state index is 0.433. The van der Waals surface area contributed by atoms with Crippen LogP contribution in [0.15, 0.2) is 0 Å². The Bertz CT molecular complexity index is 302. The van der Waals surface area contributed by atoms with Gasteiger partial charge in [0.05, 0.1) is 0 Å². The zero-order valence-electron chi connectivity index (χ0n) is 8.95. The van der Waals surface area contributed by atoms with Crippen LogP contribution in [0.4, 0.5) is 5.13 Å². The quantitative estimate of drug-likeness (QED) is 0.835. The molecule has 1 aromatic heterocycles. The molecular weight excluding hydrogens is 194 g/mol. The molecule has 0 aromatic carbocycles. The molecule has 0 amide bonds. The highest BCUT2D eigenvalue weighted by molar-refractivity contribution is 7.09. The molecule has 2 rings (SSSR count). The van der Waals surface area contributed by atoms with Gasteiger partial charge in [0.2, 0.25) is 5.13 Å². The van der Waals surface area contributed by atoms with Crippen LogP contribution in [0.2, 0.25) is 0 Å². The molecule has 1 heterocycles. The van der Waals surface area contributed by atoms with Gasteiger partial charge in [0.25, 0.3) is 0 Å². The van der Waals surface area contributed by atoms with Crippen molar-refractivity contribution in [1.29, 1.82) is 0 Å². The molecule has 1 N–H and O–H groups in total. The molecule has 1 saturated carbocycles. The number of hydrogen-bond donors (Lipinski definition) is 1. The van der Waals surface area contributed by atoms with Gasteiger partial charge in [0.15, 0.2) is 0 Å². The van der Waals surface area contributed by atoms with Crippen LogP contribution in [0.25, 0.3) is 0 Å². The topological polar surface area (TPSA) is 37.8 Å². The van der Waals surface area contributed by atoms with Gasteiger partial charge in [-0.05, 0) is 18.8 Å². The summed E-state index contributed by atoms with van der Waals surface area (Å²) < 4.78 is 4.31. The molecule has 0 unspecified atom stereocenters. The molecule has 0 radical (unpaired) electrons. The van der Waals surface area contributed by atoms with Crippen molar-refractivity contribution in [2.45, 2.75) is 45.6 Å². The predicted molar refractivity (Wildman–Crippen MR) is 59.8 cm³/mol. The summed E-state index contributed by atoms with van der Waals surface area (Å²) >= 11 is 1.48. The second-order valence-electron chi connectivity index (χ2n) is 4.53. The number of anilines is 1. The van der Waals surface area contributed by atoms with E-state index in [1.807, 2.05) is 0 Å². The van der Waals surface area contributed by atoms with Crippen LogP contribution in [0.3, 0.4) is 0 Å². The third-order valence-corrected chi connectivity index (χ3v) is 3.32. The van der Waals surface area contributed by atoms with Gasteiger partial charge in [0.1, 0.15) is 5.82 Å². The van der Waals surface area contributed by atoms with E-state index in [-0.39, 0.29) is 0 Å². The van der Waals surface area contributed by atoms with Crippen molar-refractivity contribution in [2.75, 3.05) is 5.32 Å². The maximum atomic E-state index is 4.45. The molecule has 0 atom stereocenters. The molecule has 4 heteroatoms. The summed E-state index contributed by atoms with van der Waals surface area (Å²) in [5.74, 6) is 2.27. The van der Waals surface area contributed by atoms with Crippen LogP contribution in [-0.2, 0) is 0 Å². The molecule has 0 aliphatic heterocycles. The molecular formula is C10H17N3S. The van der Waals surface area contributed by atoms with Crippen molar-refractivity contribution in [3.63, 3.8) is 0 Å². The van der Waals surface area contributed by atoms with E-state index in [9.17, 15) is 0 Å². The summed E-state index contributed by atoms with van der Waals surface area (Å²) in [5, 5.41) is 4.42. The minimum Gasteiger partial charge on any atom is -0.358 e. The van der Waals surface area contributed by atoms with Gasteiger partial charge in [-0.15, -0.1) is 0 Å². The molecule has 78 valence electrons. The Labute approximate surface area is 89.1 Å². The summed E-state index contributed by atoms with van der Waals surface area (Å²) in [4.78, 5) is 4.45. The van der Waals surface area contributed by atoms with E-state index in [2.05, 4.69) is 35.4 Å². The Balaban J connectivity index is 1.90. The Morgan fingerprint density at radius 1 is 1.43 bits per heavy atom. The normalized spacial score (nSPS) is 26.3. The lowest BCUT2D eigenvalue weighted by molar-refractivity contribution is 0.309. The number of hydrogen-bond acceptors (Lipinski definition) is 4. The molecule has 0 spiro atoms. The molecule has 1 fully saturated rings. The van der Waals surface area contributed by atoms with E-state index in [0.717, 1.165) is 16.9 Å². The van der Waals surface area contributed by atoms with Crippen molar-refractivity contribution in [3.05, 3.63) is 5.82 Å². The number of nitrogens with one attached hydrogen (secondary N) is 1. The van der Waals surface area contributed by atoms with Gasteiger partial charge in [-0.2, -0.15) is 4.37 Å². The second-order valence-corrected chi connectivity index (χ2v) is 5.28. The van der Waals surface area contributed by atoms with E-state index in [0.29, 0.717) is 12.0 Å². The monoisotopic (exact) mass is 211 g/mol. The van der Waals surface area contributed by atoms with Gasteiger partial charge < -0.3 is 5.32 Å². The van der Waals surface area contributed by atoms with Crippen molar-refractivity contribution < 1.29 is 0 Å². The maximum absolute atomic E-state index is 4.45. The summed E-state index contributed by atoms with van der Waals surface area (Å²) in [6, 6.07) is 0.637. The van der Waals surface area contributed by atoms with E-state index in [1.54, 1.807) is 0 Å². The molecule has 0 saturated heterocycles. The van der Waals surface area contributed by atoms with Gasteiger partial charge in [-0.3, -0.25) is 0 Å². The van der Waals surface area contributed by atoms with Gasteiger partial charge >= 0.3 is 0 Å². The zero-order valence-corrected chi connectivity index (χ0v) is 9.77. The first-order valence-corrected chi connectivity index (χ1v) is 6.02. The number of aromatic nitrogens is 2. The Hall–Kier alpha value is -0.640. The molecule has 0 bridgehead atoms. The van der Waals surface area contributed by atoms with E-state index >= 15 is 0 Å². The lowest BCUT2D eigenvalue weighted by atomic mass is 9.82. The van der Waals surface area contributed by atoms with E-state index in [1.165, 1.54) is 24.4 Å². The van der Waals surface area contributed by atoms with Crippen LogP contribution >= 0.6 is 11.5 Å². The highest BCUT2D eigenvalue weighted by atomic mass is 32.1. The average Bonchev–Trinajstić information content (AvgIpc) is 2.50. The van der Waals surface area contributed by atoms with Crippen molar-refractivity contribution in [2.24, 2.45) is 5.92 Å². The Morgan fingerprint density at radius 2 is 2.14 bits per heavy atom. The molecule has 1 aromatic rings. The third kappa shape index (κ3) is 2.05. The minimum atomic E-state index is 0.433. The SMILES string of the molecule is CC1CC(Nc2nc(C(C)C)ns2)C1. The molecule has 14 heavy (non-hydrogen) atoms. The number of rotatable bonds is 3. The Kier molecular flexibility index (Phi) is 2.72. The maximum Gasteiger partial charge on any atom is 0.202 e. The zero-order chi connectivity index (χ0) is 10.1. The fourth-order valence-electron chi connectivity index (χ4n) is 1.72. The van der Waals surface area contributed by atoms with Crippen LogP contribution in [-0.4, -0.2) is 15.4 Å². The smallest absolute Gasteiger partial charge is 0.202 e. The highest BCUT2D eigenvalue weighted by Gasteiger charge is 2.25. The van der Waals surface area contributed by atoms with Crippen LogP contribution in [0.5, 0.6) is 0 Å². The second kappa shape index (κ2) is 3.85. The summed E-state index contributed by atoms with van der Waals surface area (Å²) in [6.07, 6.45) is 2.55. The standard InChI is InChI=1S/C10H17N3S/c1-6(2)9-12-10(14-13-9)11-8-4-7(3)5-8/h6-8H,4-5H2,1-3H3,(H,11,12,13). The average molecular weight is 211 g/mol. The Morgan fingerprint density at radius 3 is 2.64 bits per heavy atom. The lowest BCUT2D eigenvalue weighted by Gasteiger charge is -2.32. The first-order chi connectivity index (χ1) is 6.65. The number of nitrogens with zero attached hydrogens (tertiary/aromatic N) is 2.